The highest BCUT2D eigenvalue weighted by Gasteiger charge is 2.22. The van der Waals surface area contributed by atoms with Gasteiger partial charge < -0.3 is 5.32 Å². The summed E-state index contributed by atoms with van der Waals surface area (Å²) in [7, 11) is -3.64. The summed E-state index contributed by atoms with van der Waals surface area (Å²) in [5.41, 5.74) is 4.37. The van der Waals surface area contributed by atoms with E-state index in [9.17, 15) is 13.2 Å². The highest BCUT2D eigenvalue weighted by Crippen LogP contribution is 2.25. The minimum absolute atomic E-state index is 0.236. The molecule has 0 aromatic heterocycles. The Labute approximate surface area is 166 Å². The number of carbonyl (C=O) groups is 1. The molecule has 0 bridgehead atoms. The molecule has 0 saturated carbocycles. The summed E-state index contributed by atoms with van der Waals surface area (Å²) in [6, 6.07) is 10.7. The van der Waals surface area contributed by atoms with Crippen molar-refractivity contribution in [3.8, 4) is 0 Å². The van der Waals surface area contributed by atoms with Gasteiger partial charge in [0.1, 0.15) is 6.54 Å². The highest BCUT2D eigenvalue weighted by atomic mass is 35.5. The van der Waals surface area contributed by atoms with Crippen LogP contribution in [0.4, 0.5) is 5.69 Å². The molecule has 1 atom stereocenters. The molecule has 0 aliphatic heterocycles. The molecule has 0 heterocycles. The van der Waals surface area contributed by atoms with E-state index in [0.717, 1.165) is 32.8 Å². The minimum atomic E-state index is -3.64. The molecule has 2 aromatic rings. The summed E-state index contributed by atoms with van der Waals surface area (Å²) in [6.45, 7) is 7.37. The molecule has 0 radical (unpaired) electrons. The summed E-state index contributed by atoms with van der Waals surface area (Å²) in [4.78, 5) is 12.6. The third-order valence-corrected chi connectivity index (χ3v) is 5.96. The minimum Gasteiger partial charge on any atom is -0.348 e. The van der Waals surface area contributed by atoms with Crippen molar-refractivity contribution in [1.82, 2.24) is 5.32 Å². The van der Waals surface area contributed by atoms with Crippen LogP contribution < -0.4 is 9.62 Å². The second kappa shape index (κ2) is 8.31. The van der Waals surface area contributed by atoms with Gasteiger partial charge in [0.05, 0.1) is 18.0 Å². The van der Waals surface area contributed by atoms with E-state index in [1.807, 2.05) is 45.9 Å². The zero-order valence-corrected chi connectivity index (χ0v) is 17.8. The first-order valence-electron chi connectivity index (χ1n) is 8.59. The first-order chi connectivity index (χ1) is 12.5. The molecule has 0 aliphatic carbocycles. The lowest BCUT2D eigenvalue weighted by molar-refractivity contribution is -0.120. The Bertz CT molecular complexity index is 958. The number of hydrogen-bond acceptors (Lipinski definition) is 3. The number of rotatable bonds is 6. The predicted octanol–water partition coefficient (Wildman–Crippen LogP) is 3.91. The average Bonchev–Trinajstić information content (AvgIpc) is 2.56. The number of hydrogen-bond donors (Lipinski definition) is 1. The van der Waals surface area contributed by atoms with Crippen LogP contribution in [0.3, 0.4) is 0 Å². The molecular weight excluding hydrogens is 384 g/mol. The van der Waals surface area contributed by atoms with Gasteiger partial charge in [-0.2, -0.15) is 0 Å². The van der Waals surface area contributed by atoms with E-state index in [2.05, 4.69) is 5.32 Å². The van der Waals surface area contributed by atoms with Gasteiger partial charge in [0.15, 0.2) is 0 Å². The van der Waals surface area contributed by atoms with Crippen LogP contribution in [-0.2, 0) is 14.8 Å². The number of nitrogens with one attached hydrogen (secondary N) is 1. The van der Waals surface area contributed by atoms with Crippen molar-refractivity contribution in [2.45, 2.75) is 33.7 Å². The topological polar surface area (TPSA) is 66.5 Å². The smallest absolute Gasteiger partial charge is 0.241 e. The van der Waals surface area contributed by atoms with E-state index >= 15 is 0 Å². The van der Waals surface area contributed by atoms with Crippen molar-refractivity contribution in [2.75, 3.05) is 17.1 Å². The average molecular weight is 409 g/mol. The maximum Gasteiger partial charge on any atom is 0.241 e. The molecule has 0 spiro atoms. The van der Waals surface area contributed by atoms with E-state index in [-0.39, 0.29) is 18.5 Å². The summed E-state index contributed by atoms with van der Waals surface area (Å²) in [5, 5.41) is 3.33. The molecule has 7 heteroatoms. The number of nitrogens with zero attached hydrogens (tertiary/aromatic N) is 1. The van der Waals surface area contributed by atoms with Crippen LogP contribution in [0.2, 0.25) is 5.02 Å². The lowest BCUT2D eigenvalue weighted by Crippen LogP contribution is -2.41. The zero-order chi connectivity index (χ0) is 20.4. The Hall–Kier alpha value is -2.05. The van der Waals surface area contributed by atoms with Gasteiger partial charge in [-0.3, -0.25) is 9.10 Å². The first-order valence-corrected chi connectivity index (χ1v) is 10.8. The summed E-state index contributed by atoms with van der Waals surface area (Å²) in [5.74, 6) is -0.384. The molecule has 1 N–H and O–H groups in total. The highest BCUT2D eigenvalue weighted by molar-refractivity contribution is 7.92. The van der Waals surface area contributed by atoms with Crippen LogP contribution in [0, 0.1) is 20.8 Å². The fourth-order valence-electron chi connectivity index (χ4n) is 2.86. The van der Waals surface area contributed by atoms with Crippen LogP contribution >= 0.6 is 11.6 Å². The summed E-state index contributed by atoms with van der Waals surface area (Å²) < 4.78 is 25.5. The van der Waals surface area contributed by atoms with Crippen molar-refractivity contribution in [2.24, 2.45) is 0 Å². The van der Waals surface area contributed by atoms with E-state index in [0.29, 0.717) is 10.7 Å². The van der Waals surface area contributed by atoms with Gasteiger partial charge in [-0.15, -0.1) is 0 Å². The lowest BCUT2D eigenvalue weighted by atomic mass is 10.00. The summed E-state index contributed by atoms with van der Waals surface area (Å²) in [6.07, 6.45) is 1.07. The Morgan fingerprint density at radius 1 is 1.11 bits per heavy atom. The Balaban J connectivity index is 2.21. The summed E-state index contributed by atoms with van der Waals surface area (Å²) >= 11 is 6.12. The van der Waals surface area contributed by atoms with E-state index in [1.165, 1.54) is 0 Å². The number of benzene rings is 2. The molecule has 0 fully saturated rings. The number of sulfonamides is 1. The van der Waals surface area contributed by atoms with Gasteiger partial charge in [-0.1, -0.05) is 41.4 Å². The largest absolute Gasteiger partial charge is 0.348 e. The van der Waals surface area contributed by atoms with Crippen LogP contribution in [0.25, 0.3) is 0 Å². The Morgan fingerprint density at radius 2 is 1.74 bits per heavy atom. The van der Waals surface area contributed by atoms with Crippen LogP contribution in [0.5, 0.6) is 0 Å². The van der Waals surface area contributed by atoms with Gasteiger partial charge in [0.2, 0.25) is 15.9 Å². The maximum atomic E-state index is 12.6. The molecule has 1 amide bonds. The molecule has 2 rings (SSSR count). The molecular formula is C20H25ClN2O3S. The van der Waals surface area contributed by atoms with E-state index in [4.69, 9.17) is 11.6 Å². The van der Waals surface area contributed by atoms with Crippen molar-refractivity contribution >= 4 is 33.2 Å². The molecule has 1 unspecified atom stereocenters. The van der Waals surface area contributed by atoms with Gasteiger partial charge in [-0.05, 0) is 56.5 Å². The maximum absolute atomic E-state index is 12.6. The number of aryl methyl sites for hydroxylation is 3. The fraction of sp³-hybridized carbons (Fsp3) is 0.350. The fourth-order valence-corrected chi connectivity index (χ4v) is 3.88. The van der Waals surface area contributed by atoms with Crippen molar-refractivity contribution in [3.05, 3.63) is 63.7 Å². The monoisotopic (exact) mass is 408 g/mol. The van der Waals surface area contributed by atoms with E-state index < -0.39 is 10.0 Å². The molecule has 0 saturated heterocycles. The number of amides is 1. The first kappa shape index (κ1) is 21.3. The predicted molar refractivity (Wildman–Crippen MR) is 111 cm³/mol. The van der Waals surface area contributed by atoms with Gasteiger partial charge in [-0.25, -0.2) is 8.42 Å². The van der Waals surface area contributed by atoms with Crippen molar-refractivity contribution in [3.63, 3.8) is 0 Å². The number of halogens is 1. The molecule has 27 heavy (non-hydrogen) atoms. The zero-order valence-electron chi connectivity index (χ0n) is 16.2. The second-order valence-corrected chi connectivity index (χ2v) is 9.17. The normalized spacial score (nSPS) is 12.5. The Morgan fingerprint density at radius 3 is 2.33 bits per heavy atom. The van der Waals surface area contributed by atoms with Crippen LogP contribution in [0.15, 0.2) is 36.4 Å². The third-order valence-electron chi connectivity index (χ3n) is 4.41. The number of anilines is 1. The van der Waals surface area contributed by atoms with Crippen LogP contribution in [-0.4, -0.2) is 27.1 Å². The van der Waals surface area contributed by atoms with Crippen molar-refractivity contribution < 1.29 is 13.2 Å². The van der Waals surface area contributed by atoms with Crippen LogP contribution in [0.1, 0.15) is 35.2 Å². The second-order valence-electron chi connectivity index (χ2n) is 6.85. The standard InChI is InChI=1S/C20H25ClN2O3S/c1-13-6-7-14(2)18(10-13)16(4)22-20(24)12-23(27(5,25)26)17-9-8-15(3)19(21)11-17/h6-11,16H,12H2,1-5H3,(H,22,24). The molecule has 5 nitrogen and oxygen atoms in total. The molecule has 146 valence electrons. The Kier molecular flexibility index (Phi) is 6.54. The quantitative estimate of drug-likeness (QED) is 0.787. The molecule has 0 aliphatic rings. The molecule has 2 aromatic carbocycles. The van der Waals surface area contributed by atoms with Crippen molar-refractivity contribution in [1.29, 1.82) is 0 Å². The third kappa shape index (κ3) is 5.47. The van der Waals surface area contributed by atoms with Gasteiger partial charge in [0, 0.05) is 5.02 Å². The van der Waals surface area contributed by atoms with E-state index in [1.54, 1.807) is 18.2 Å². The SMILES string of the molecule is Cc1ccc(C)c(C(C)NC(=O)CN(c2ccc(C)c(Cl)c2)S(C)(=O)=O)c1. The van der Waals surface area contributed by atoms with Gasteiger partial charge in [0.25, 0.3) is 0 Å². The lowest BCUT2D eigenvalue weighted by Gasteiger charge is -2.24. The van der Waals surface area contributed by atoms with Gasteiger partial charge >= 0.3 is 0 Å². The number of carbonyl (C=O) groups excluding carboxylic acids is 1.